The number of rotatable bonds is 6. The molecule has 1 aliphatic rings. The number of fused-ring (bicyclic) bond motifs is 1. The summed E-state index contributed by atoms with van der Waals surface area (Å²) >= 11 is 0. The first-order valence-electron chi connectivity index (χ1n) is 11.1. The van der Waals surface area contributed by atoms with Gasteiger partial charge in [-0.3, -0.25) is 14.3 Å². The van der Waals surface area contributed by atoms with Gasteiger partial charge in [0.2, 0.25) is 5.91 Å². The molecule has 9 heteroatoms. The van der Waals surface area contributed by atoms with Crippen LogP contribution in [0.1, 0.15) is 49.7 Å². The van der Waals surface area contributed by atoms with Gasteiger partial charge in [-0.25, -0.2) is 9.37 Å². The Bertz CT molecular complexity index is 1190. The molecule has 2 amide bonds. The molecule has 4 rings (SSSR count). The third-order valence-electron chi connectivity index (χ3n) is 6.03. The number of likely N-dealkylation sites (tertiary alicyclic amines) is 1. The molecule has 0 saturated carbocycles. The summed E-state index contributed by atoms with van der Waals surface area (Å²) in [7, 11) is 0. The molecule has 0 unspecified atom stereocenters. The fraction of sp³-hybridized carbons (Fsp3) is 0.417. The van der Waals surface area contributed by atoms with Gasteiger partial charge in [-0.15, -0.1) is 0 Å². The molecule has 1 aromatic carbocycles. The van der Waals surface area contributed by atoms with Crippen molar-refractivity contribution in [1.29, 1.82) is 0 Å². The molecular formula is C24H29FN6O2. The van der Waals surface area contributed by atoms with Gasteiger partial charge in [-0.1, -0.05) is 18.2 Å². The molecule has 174 valence electrons. The standard InChI is InChI=1S/C24H29FN6O2/c1-14(2)31(15(3)4)22(32)13-30-20-8-6-5-7-17(20)23(28-30)16-11-29(12-16)24(33)18-9-21(26)27-10-19(18)25/h5-10,14-16H,11-13H2,1-4H3,(H2,26,27). The van der Waals surface area contributed by atoms with Gasteiger partial charge in [-0.05, 0) is 39.8 Å². The van der Waals surface area contributed by atoms with Crippen LogP contribution in [0.15, 0.2) is 36.5 Å². The van der Waals surface area contributed by atoms with Crippen molar-refractivity contribution in [3.05, 3.63) is 53.6 Å². The number of nitrogen functional groups attached to an aromatic ring is 1. The Morgan fingerprint density at radius 3 is 2.52 bits per heavy atom. The third kappa shape index (κ3) is 4.27. The van der Waals surface area contributed by atoms with E-state index >= 15 is 0 Å². The largest absolute Gasteiger partial charge is 0.384 e. The number of carbonyl (C=O) groups is 2. The molecular weight excluding hydrogens is 423 g/mol. The van der Waals surface area contributed by atoms with Gasteiger partial charge < -0.3 is 15.5 Å². The highest BCUT2D eigenvalue weighted by atomic mass is 19.1. The molecule has 2 aromatic heterocycles. The highest BCUT2D eigenvalue weighted by Gasteiger charge is 2.36. The number of hydrogen-bond acceptors (Lipinski definition) is 5. The van der Waals surface area contributed by atoms with Crippen molar-refractivity contribution in [2.45, 2.75) is 52.2 Å². The Balaban J connectivity index is 1.55. The van der Waals surface area contributed by atoms with Crippen molar-refractivity contribution in [3.63, 3.8) is 0 Å². The summed E-state index contributed by atoms with van der Waals surface area (Å²) in [6.07, 6.45) is 0.962. The second-order valence-corrected chi connectivity index (χ2v) is 9.04. The van der Waals surface area contributed by atoms with E-state index in [2.05, 4.69) is 4.98 Å². The summed E-state index contributed by atoms with van der Waals surface area (Å²) in [4.78, 5) is 32.8. The molecule has 3 aromatic rings. The van der Waals surface area contributed by atoms with Crippen molar-refractivity contribution in [2.75, 3.05) is 18.8 Å². The molecule has 0 bridgehead atoms. The first-order valence-corrected chi connectivity index (χ1v) is 11.1. The molecule has 1 saturated heterocycles. The lowest BCUT2D eigenvalue weighted by Gasteiger charge is -2.38. The smallest absolute Gasteiger partial charge is 0.257 e. The Morgan fingerprint density at radius 1 is 1.18 bits per heavy atom. The van der Waals surface area contributed by atoms with Crippen LogP contribution in [0.25, 0.3) is 10.9 Å². The number of amides is 2. The van der Waals surface area contributed by atoms with Gasteiger partial charge in [0.1, 0.15) is 12.4 Å². The quantitative estimate of drug-likeness (QED) is 0.620. The minimum atomic E-state index is -0.689. The zero-order valence-electron chi connectivity index (χ0n) is 19.3. The average Bonchev–Trinajstić information content (AvgIpc) is 3.06. The van der Waals surface area contributed by atoms with E-state index in [1.54, 1.807) is 9.58 Å². The summed E-state index contributed by atoms with van der Waals surface area (Å²) in [6, 6.07) is 9.23. The van der Waals surface area contributed by atoms with Crippen molar-refractivity contribution in [3.8, 4) is 0 Å². The van der Waals surface area contributed by atoms with Crippen molar-refractivity contribution < 1.29 is 14.0 Å². The van der Waals surface area contributed by atoms with Gasteiger partial charge in [0, 0.05) is 36.5 Å². The third-order valence-corrected chi connectivity index (χ3v) is 6.03. The van der Waals surface area contributed by atoms with Gasteiger partial charge in [-0.2, -0.15) is 5.10 Å². The Kier molecular flexibility index (Phi) is 6.05. The van der Waals surface area contributed by atoms with E-state index in [1.807, 2.05) is 56.9 Å². The van der Waals surface area contributed by atoms with Crippen molar-refractivity contribution in [2.24, 2.45) is 0 Å². The molecule has 33 heavy (non-hydrogen) atoms. The first-order chi connectivity index (χ1) is 15.7. The lowest BCUT2D eigenvalue weighted by molar-refractivity contribution is -0.135. The molecule has 0 atom stereocenters. The molecule has 2 N–H and O–H groups in total. The topological polar surface area (TPSA) is 97.4 Å². The van der Waals surface area contributed by atoms with E-state index in [1.165, 1.54) is 6.07 Å². The zero-order valence-corrected chi connectivity index (χ0v) is 19.3. The summed E-state index contributed by atoms with van der Waals surface area (Å²) in [5.41, 5.74) is 7.26. The SMILES string of the molecule is CC(C)N(C(=O)Cn1nc(C2CN(C(=O)c3cc(N)ncc3F)C2)c2ccccc21)C(C)C. The number of nitrogens with zero attached hydrogens (tertiary/aromatic N) is 5. The minimum Gasteiger partial charge on any atom is -0.384 e. The number of benzene rings is 1. The van der Waals surface area contributed by atoms with Gasteiger partial charge in [0.25, 0.3) is 5.91 Å². The van der Waals surface area contributed by atoms with Crippen molar-refractivity contribution >= 4 is 28.5 Å². The van der Waals surface area contributed by atoms with E-state index in [0.29, 0.717) is 13.1 Å². The summed E-state index contributed by atoms with van der Waals surface area (Å²) in [5, 5.41) is 5.74. The number of hydrogen-bond donors (Lipinski definition) is 1. The fourth-order valence-corrected chi connectivity index (χ4v) is 4.56. The predicted octanol–water partition coefficient (Wildman–Crippen LogP) is 3.04. The van der Waals surface area contributed by atoms with Crippen molar-refractivity contribution in [1.82, 2.24) is 24.6 Å². The van der Waals surface area contributed by atoms with Crippen LogP contribution < -0.4 is 5.73 Å². The monoisotopic (exact) mass is 452 g/mol. The normalized spacial score (nSPS) is 14.2. The summed E-state index contributed by atoms with van der Waals surface area (Å²) in [6.45, 7) is 8.99. The van der Waals surface area contributed by atoms with Gasteiger partial charge in [0.15, 0.2) is 5.82 Å². The van der Waals surface area contributed by atoms with E-state index in [4.69, 9.17) is 10.8 Å². The van der Waals surface area contributed by atoms with Crippen LogP contribution in [0, 0.1) is 5.82 Å². The van der Waals surface area contributed by atoms with Crippen LogP contribution in [0.5, 0.6) is 0 Å². The van der Waals surface area contributed by atoms with E-state index in [0.717, 1.165) is 22.8 Å². The molecule has 0 spiro atoms. The number of anilines is 1. The Labute approximate surface area is 192 Å². The Hall–Kier alpha value is -3.49. The fourth-order valence-electron chi connectivity index (χ4n) is 4.56. The lowest BCUT2D eigenvalue weighted by atomic mass is 9.93. The van der Waals surface area contributed by atoms with E-state index in [9.17, 15) is 14.0 Å². The maximum Gasteiger partial charge on any atom is 0.257 e. The van der Waals surface area contributed by atoms with Gasteiger partial charge in [0.05, 0.1) is 23.0 Å². The maximum atomic E-state index is 14.1. The highest BCUT2D eigenvalue weighted by molar-refractivity contribution is 5.96. The number of carbonyl (C=O) groups excluding carboxylic acids is 2. The number of nitrogens with two attached hydrogens (primary N) is 1. The van der Waals surface area contributed by atoms with Crippen LogP contribution in [0.3, 0.4) is 0 Å². The summed E-state index contributed by atoms with van der Waals surface area (Å²) < 4.78 is 15.8. The van der Waals surface area contributed by atoms with Crippen LogP contribution in [-0.4, -0.2) is 61.6 Å². The predicted molar refractivity (Wildman–Crippen MR) is 124 cm³/mol. The highest BCUT2D eigenvalue weighted by Crippen LogP contribution is 2.33. The lowest BCUT2D eigenvalue weighted by Crippen LogP contribution is -2.49. The molecule has 3 heterocycles. The van der Waals surface area contributed by atoms with Crippen LogP contribution in [-0.2, 0) is 11.3 Å². The van der Waals surface area contributed by atoms with E-state index in [-0.39, 0.29) is 41.8 Å². The average molecular weight is 453 g/mol. The van der Waals surface area contributed by atoms with Crippen LogP contribution >= 0.6 is 0 Å². The number of aromatic nitrogens is 3. The Morgan fingerprint density at radius 2 is 1.85 bits per heavy atom. The second-order valence-electron chi connectivity index (χ2n) is 9.04. The molecule has 8 nitrogen and oxygen atoms in total. The molecule has 0 radical (unpaired) electrons. The second kappa shape index (κ2) is 8.80. The number of pyridine rings is 1. The van der Waals surface area contributed by atoms with E-state index < -0.39 is 11.7 Å². The summed E-state index contributed by atoms with van der Waals surface area (Å²) in [5.74, 6) is -0.991. The first kappa shape index (κ1) is 22.7. The van der Waals surface area contributed by atoms with Gasteiger partial charge >= 0.3 is 0 Å². The zero-order chi connectivity index (χ0) is 23.9. The number of para-hydroxylation sites is 1. The molecule has 0 aliphatic carbocycles. The van der Waals surface area contributed by atoms with Crippen LogP contribution in [0.4, 0.5) is 10.2 Å². The minimum absolute atomic E-state index is 0.00347. The molecule has 1 fully saturated rings. The van der Waals surface area contributed by atoms with Crippen LogP contribution in [0.2, 0.25) is 0 Å². The number of halogens is 1. The molecule has 1 aliphatic heterocycles. The maximum absolute atomic E-state index is 14.1.